The van der Waals surface area contributed by atoms with Gasteiger partial charge in [0, 0.05) is 24.8 Å². The van der Waals surface area contributed by atoms with Crippen LogP contribution < -0.4 is 10.6 Å². The number of nitrogens with one attached hydrogen (secondary N) is 2. The van der Waals surface area contributed by atoms with E-state index < -0.39 is 10.0 Å². The van der Waals surface area contributed by atoms with Gasteiger partial charge in [-0.25, -0.2) is 8.42 Å². The summed E-state index contributed by atoms with van der Waals surface area (Å²) in [6, 6.07) is 6.11. The third kappa shape index (κ3) is 5.33. The third-order valence-electron chi connectivity index (χ3n) is 5.27. The standard InChI is InChI=1S/C19H27N3O6S/c1-27-19(24)16-6-3-7-17(16)20-13-18(23)21-14-4-2-5-15(12-14)29(25,26)22-8-10-28-11-9-22/h2,4-5,12,16-17,20H,3,6-11,13H2,1H3,(H,21,23)/t16-,17-/m1/s1. The lowest BCUT2D eigenvalue weighted by atomic mass is 10.0. The second kappa shape index (κ2) is 9.66. The molecule has 0 spiro atoms. The Morgan fingerprint density at radius 1 is 1.24 bits per heavy atom. The van der Waals surface area contributed by atoms with Gasteiger partial charge in [0.2, 0.25) is 15.9 Å². The lowest BCUT2D eigenvalue weighted by Crippen LogP contribution is -2.41. The van der Waals surface area contributed by atoms with Crippen molar-refractivity contribution in [3.8, 4) is 0 Å². The highest BCUT2D eigenvalue weighted by Gasteiger charge is 2.33. The minimum atomic E-state index is -3.63. The van der Waals surface area contributed by atoms with Crippen LogP contribution in [0.25, 0.3) is 0 Å². The van der Waals surface area contributed by atoms with Crippen LogP contribution in [0.4, 0.5) is 5.69 Å². The molecule has 1 aliphatic heterocycles. The van der Waals surface area contributed by atoms with Crippen molar-refractivity contribution >= 4 is 27.6 Å². The van der Waals surface area contributed by atoms with Crippen LogP contribution in [0, 0.1) is 5.92 Å². The van der Waals surface area contributed by atoms with Gasteiger partial charge in [-0.2, -0.15) is 4.31 Å². The SMILES string of the molecule is COC(=O)[C@@H]1CCC[C@H]1NCC(=O)Nc1cccc(S(=O)(=O)N2CCOCC2)c1. The molecular formula is C19H27N3O6S. The summed E-state index contributed by atoms with van der Waals surface area (Å²) in [7, 11) is -2.27. The molecule has 0 radical (unpaired) electrons. The molecule has 2 fully saturated rings. The van der Waals surface area contributed by atoms with Crippen LogP contribution in [0.15, 0.2) is 29.2 Å². The number of amides is 1. The number of sulfonamides is 1. The Hall–Kier alpha value is -2.01. The van der Waals surface area contributed by atoms with Crippen molar-refractivity contribution in [2.45, 2.75) is 30.2 Å². The lowest BCUT2D eigenvalue weighted by molar-refractivity contribution is -0.146. The zero-order valence-corrected chi connectivity index (χ0v) is 17.2. The number of rotatable bonds is 7. The normalized spacial score (nSPS) is 22.9. The fraction of sp³-hybridized carbons (Fsp3) is 0.579. The van der Waals surface area contributed by atoms with Gasteiger partial charge in [0.1, 0.15) is 0 Å². The second-order valence-corrected chi connectivity index (χ2v) is 9.08. The summed E-state index contributed by atoms with van der Waals surface area (Å²) in [5.74, 6) is -0.808. The third-order valence-corrected chi connectivity index (χ3v) is 7.16. The van der Waals surface area contributed by atoms with E-state index >= 15 is 0 Å². The Labute approximate surface area is 170 Å². The Bertz CT molecular complexity index is 838. The van der Waals surface area contributed by atoms with E-state index in [1.807, 2.05) is 0 Å². The van der Waals surface area contributed by atoms with Gasteiger partial charge in [-0.1, -0.05) is 12.5 Å². The van der Waals surface area contributed by atoms with Gasteiger partial charge < -0.3 is 20.1 Å². The highest BCUT2D eigenvalue weighted by atomic mass is 32.2. The molecule has 1 aliphatic carbocycles. The Balaban J connectivity index is 1.58. The monoisotopic (exact) mass is 425 g/mol. The van der Waals surface area contributed by atoms with Crippen LogP contribution in [0.3, 0.4) is 0 Å². The van der Waals surface area contributed by atoms with E-state index in [-0.39, 0.29) is 35.3 Å². The Morgan fingerprint density at radius 3 is 2.72 bits per heavy atom. The smallest absolute Gasteiger partial charge is 0.310 e. The van der Waals surface area contributed by atoms with Crippen LogP contribution in [0.5, 0.6) is 0 Å². The zero-order valence-electron chi connectivity index (χ0n) is 16.4. The van der Waals surface area contributed by atoms with Crippen LogP contribution in [-0.2, 0) is 29.1 Å². The van der Waals surface area contributed by atoms with Crippen molar-refractivity contribution in [3.05, 3.63) is 24.3 Å². The molecule has 1 aromatic carbocycles. The van der Waals surface area contributed by atoms with E-state index in [9.17, 15) is 18.0 Å². The molecule has 29 heavy (non-hydrogen) atoms. The molecule has 2 atom stereocenters. The van der Waals surface area contributed by atoms with Crippen LogP contribution in [-0.4, -0.2) is 70.6 Å². The van der Waals surface area contributed by atoms with Crippen molar-refractivity contribution in [1.29, 1.82) is 0 Å². The minimum Gasteiger partial charge on any atom is -0.469 e. The molecule has 0 bridgehead atoms. The number of ether oxygens (including phenoxy) is 2. The number of morpholine rings is 1. The van der Waals surface area contributed by atoms with Crippen molar-refractivity contribution < 1.29 is 27.5 Å². The Kier molecular flexibility index (Phi) is 7.23. The summed E-state index contributed by atoms with van der Waals surface area (Å²) in [5.41, 5.74) is 0.405. The number of methoxy groups -OCH3 is 1. The van der Waals surface area contributed by atoms with E-state index in [1.54, 1.807) is 12.1 Å². The first kappa shape index (κ1) is 21.7. The molecule has 160 valence electrons. The Morgan fingerprint density at radius 2 is 2.00 bits per heavy atom. The van der Waals surface area contributed by atoms with Crippen LogP contribution in [0.1, 0.15) is 19.3 Å². The van der Waals surface area contributed by atoms with Crippen molar-refractivity contribution in [3.63, 3.8) is 0 Å². The number of hydrogen-bond donors (Lipinski definition) is 2. The number of anilines is 1. The highest BCUT2D eigenvalue weighted by Crippen LogP contribution is 2.26. The van der Waals surface area contributed by atoms with Gasteiger partial charge in [-0.05, 0) is 31.0 Å². The van der Waals surface area contributed by atoms with Crippen LogP contribution >= 0.6 is 0 Å². The zero-order chi connectivity index (χ0) is 20.9. The van der Waals surface area contributed by atoms with Crippen molar-refractivity contribution in [2.75, 3.05) is 45.3 Å². The summed E-state index contributed by atoms with van der Waals surface area (Å²) < 4.78 is 36.9. The van der Waals surface area contributed by atoms with Gasteiger partial charge >= 0.3 is 5.97 Å². The predicted molar refractivity (Wildman–Crippen MR) is 106 cm³/mol. The summed E-state index contributed by atoms with van der Waals surface area (Å²) in [6.45, 7) is 1.39. The number of nitrogens with zero attached hydrogens (tertiary/aromatic N) is 1. The number of benzene rings is 1. The summed E-state index contributed by atoms with van der Waals surface area (Å²) in [4.78, 5) is 24.2. The molecule has 2 N–H and O–H groups in total. The maximum absolute atomic E-state index is 12.8. The largest absolute Gasteiger partial charge is 0.469 e. The van der Waals surface area contributed by atoms with Gasteiger partial charge in [-0.3, -0.25) is 9.59 Å². The lowest BCUT2D eigenvalue weighted by Gasteiger charge is -2.26. The van der Waals surface area contributed by atoms with Gasteiger partial charge in [0.15, 0.2) is 0 Å². The maximum Gasteiger partial charge on any atom is 0.310 e. The van der Waals surface area contributed by atoms with E-state index in [1.165, 1.54) is 23.5 Å². The summed E-state index contributed by atoms with van der Waals surface area (Å²) >= 11 is 0. The number of esters is 1. The first-order chi connectivity index (χ1) is 13.9. The molecule has 1 amide bonds. The molecule has 0 unspecified atom stereocenters. The molecule has 0 aromatic heterocycles. The van der Waals surface area contributed by atoms with E-state index in [4.69, 9.17) is 9.47 Å². The first-order valence-electron chi connectivity index (χ1n) is 9.71. The fourth-order valence-electron chi connectivity index (χ4n) is 3.74. The molecule has 1 heterocycles. The number of hydrogen-bond acceptors (Lipinski definition) is 7. The second-order valence-electron chi connectivity index (χ2n) is 7.14. The summed E-state index contributed by atoms with van der Waals surface area (Å²) in [5, 5.41) is 5.82. The van der Waals surface area contributed by atoms with E-state index in [0.29, 0.717) is 32.0 Å². The van der Waals surface area contributed by atoms with Gasteiger partial charge in [0.25, 0.3) is 0 Å². The van der Waals surface area contributed by atoms with Crippen molar-refractivity contribution in [2.24, 2.45) is 5.92 Å². The molecule has 9 nitrogen and oxygen atoms in total. The van der Waals surface area contributed by atoms with Gasteiger partial charge in [-0.15, -0.1) is 0 Å². The maximum atomic E-state index is 12.8. The molecule has 1 aromatic rings. The van der Waals surface area contributed by atoms with Gasteiger partial charge in [0.05, 0.1) is 37.7 Å². The van der Waals surface area contributed by atoms with E-state index in [2.05, 4.69) is 10.6 Å². The highest BCUT2D eigenvalue weighted by molar-refractivity contribution is 7.89. The minimum absolute atomic E-state index is 0.0264. The predicted octanol–water partition coefficient (Wildman–Crippen LogP) is 0.577. The summed E-state index contributed by atoms with van der Waals surface area (Å²) in [6.07, 6.45) is 2.45. The average molecular weight is 426 g/mol. The first-order valence-corrected chi connectivity index (χ1v) is 11.1. The number of carbonyl (C=O) groups is 2. The number of carbonyl (C=O) groups excluding carboxylic acids is 2. The molecule has 2 aliphatic rings. The van der Waals surface area contributed by atoms with E-state index in [0.717, 1.165) is 19.3 Å². The molecule has 1 saturated heterocycles. The quantitative estimate of drug-likeness (QED) is 0.614. The topological polar surface area (TPSA) is 114 Å². The molecule has 3 rings (SSSR count). The fourth-order valence-corrected chi connectivity index (χ4v) is 5.19. The van der Waals surface area contributed by atoms with Crippen molar-refractivity contribution in [1.82, 2.24) is 9.62 Å². The molecule has 1 saturated carbocycles. The van der Waals surface area contributed by atoms with Crippen LogP contribution in [0.2, 0.25) is 0 Å². The molecular weight excluding hydrogens is 398 g/mol. The average Bonchev–Trinajstić information content (AvgIpc) is 3.21. The molecule has 10 heteroatoms.